The van der Waals surface area contributed by atoms with Gasteiger partial charge in [-0.1, -0.05) is 37.6 Å². The molecule has 3 N–H and O–H groups in total. The molecular weight excluding hydrogens is 284 g/mol. The molecule has 1 rings (SSSR count). The number of aryl methyl sites for hydroxylation is 3. The number of halogens is 1. The van der Waals surface area contributed by atoms with Gasteiger partial charge in [-0.2, -0.15) is 0 Å². The molecule has 0 aliphatic carbocycles. The van der Waals surface area contributed by atoms with Crippen molar-refractivity contribution in [3.8, 4) is 0 Å². The smallest absolute Gasteiger partial charge is 0.220 e. The van der Waals surface area contributed by atoms with Crippen molar-refractivity contribution in [3.05, 3.63) is 34.9 Å². The van der Waals surface area contributed by atoms with E-state index in [0.717, 1.165) is 19.3 Å². The van der Waals surface area contributed by atoms with Gasteiger partial charge in [0.05, 0.1) is 0 Å². The third-order valence-corrected chi connectivity index (χ3v) is 4.17. The number of rotatable bonds is 7. The summed E-state index contributed by atoms with van der Waals surface area (Å²) in [5, 5.41) is 2.96. The summed E-state index contributed by atoms with van der Waals surface area (Å²) >= 11 is 0. The summed E-state index contributed by atoms with van der Waals surface area (Å²) in [5.74, 6) is 0.0849. The van der Waals surface area contributed by atoms with E-state index in [1.54, 1.807) is 0 Å². The minimum absolute atomic E-state index is 0. The Balaban J connectivity index is 0.00000400. The Labute approximate surface area is 135 Å². The van der Waals surface area contributed by atoms with Crippen molar-refractivity contribution >= 4 is 18.3 Å². The third-order valence-electron chi connectivity index (χ3n) is 4.17. The molecule has 0 bridgehead atoms. The Kier molecular flexibility index (Phi) is 8.60. The van der Waals surface area contributed by atoms with Crippen LogP contribution in [0.3, 0.4) is 0 Å². The second kappa shape index (κ2) is 9.06. The fraction of sp³-hybridized carbons (Fsp3) is 0.588. The average Bonchev–Trinajstić information content (AvgIpc) is 2.44. The number of amides is 1. The van der Waals surface area contributed by atoms with Crippen LogP contribution >= 0.6 is 12.4 Å². The summed E-state index contributed by atoms with van der Waals surface area (Å²) in [7, 11) is 0. The van der Waals surface area contributed by atoms with E-state index in [4.69, 9.17) is 5.73 Å². The lowest BCUT2D eigenvalue weighted by atomic mass is 9.94. The largest absolute Gasteiger partial charge is 0.354 e. The van der Waals surface area contributed by atoms with Crippen LogP contribution in [0.15, 0.2) is 18.2 Å². The summed E-state index contributed by atoms with van der Waals surface area (Å²) in [6.07, 6.45) is 3.06. The Hall–Kier alpha value is -1.06. The maximum Gasteiger partial charge on any atom is 0.220 e. The fourth-order valence-corrected chi connectivity index (χ4v) is 2.24. The predicted octanol–water partition coefficient (Wildman–Crippen LogP) is 3.29. The highest BCUT2D eigenvalue weighted by Gasteiger charge is 2.20. The molecule has 1 aromatic carbocycles. The topological polar surface area (TPSA) is 55.1 Å². The van der Waals surface area contributed by atoms with Crippen molar-refractivity contribution in [2.75, 3.05) is 6.54 Å². The number of nitrogens with one attached hydrogen (secondary N) is 1. The molecule has 0 fully saturated rings. The Morgan fingerprint density at radius 3 is 2.38 bits per heavy atom. The molecule has 0 heterocycles. The van der Waals surface area contributed by atoms with Gasteiger partial charge < -0.3 is 11.1 Å². The number of hydrogen-bond acceptors (Lipinski definition) is 2. The van der Waals surface area contributed by atoms with Crippen LogP contribution in [0.1, 0.15) is 49.8 Å². The standard InChI is InChI=1S/C17H28N2O.ClH/c1-5-17(18,6-2)12-19-16(20)10-9-15-8-7-13(3)11-14(15)4;/h7-8,11H,5-6,9-10,12,18H2,1-4H3,(H,19,20);1H. The maximum atomic E-state index is 11.9. The van der Waals surface area contributed by atoms with Crippen molar-refractivity contribution in [2.24, 2.45) is 5.73 Å². The average molecular weight is 313 g/mol. The van der Waals surface area contributed by atoms with Crippen LogP contribution in [0.25, 0.3) is 0 Å². The molecule has 3 nitrogen and oxygen atoms in total. The van der Waals surface area contributed by atoms with Gasteiger partial charge >= 0.3 is 0 Å². The van der Waals surface area contributed by atoms with E-state index < -0.39 is 0 Å². The van der Waals surface area contributed by atoms with Crippen LogP contribution in [0, 0.1) is 13.8 Å². The van der Waals surface area contributed by atoms with Crippen molar-refractivity contribution in [2.45, 2.75) is 58.9 Å². The highest BCUT2D eigenvalue weighted by Crippen LogP contribution is 2.13. The molecule has 0 radical (unpaired) electrons. The van der Waals surface area contributed by atoms with Crippen LogP contribution in [0.4, 0.5) is 0 Å². The van der Waals surface area contributed by atoms with Crippen molar-refractivity contribution < 1.29 is 4.79 Å². The van der Waals surface area contributed by atoms with Gasteiger partial charge in [0, 0.05) is 18.5 Å². The lowest BCUT2D eigenvalue weighted by molar-refractivity contribution is -0.121. The quantitative estimate of drug-likeness (QED) is 0.811. The molecule has 1 amide bonds. The van der Waals surface area contributed by atoms with Crippen molar-refractivity contribution in [1.29, 1.82) is 0 Å². The highest BCUT2D eigenvalue weighted by atomic mass is 35.5. The van der Waals surface area contributed by atoms with Gasteiger partial charge in [-0.05, 0) is 44.2 Å². The monoisotopic (exact) mass is 312 g/mol. The molecule has 0 aromatic heterocycles. The molecule has 0 spiro atoms. The first kappa shape index (κ1) is 19.9. The normalized spacial score (nSPS) is 10.9. The molecule has 4 heteroatoms. The van der Waals surface area contributed by atoms with Crippen LogP contribution in [-0.4, -0.2) is 18.0 Å². The zero-order valence-corrected chi connectivity index (χ0v) is 14.5. The molecule has 0 saturated heterocycles. The molecule has 0 atom stereocenters. The van der Waals surface area contributed by atoms with Gasteiger partial charge in [-0.25, -0.2) is 0 Å². The first-order valence-corrected chi connectivity index (χ1v) is 7.52. The second-order valence-corrected chi connectivity index (χ2v) is 5.78. The summed E-state index contributed by atoms with van der Waals surface area (Å²) in [6, 6.07) is 6.37. The van der Waals surface area contributed by atoms with Crippen LogP contribution < -0.4 is 11.1 Å². The number of hydrogen-bond donors (Lipinski definition) is 2. The van der Waals surface area contributed by atoms with Gasteiger partial charge in [0.2, 0.25) is 5.91 Å². The Morgan fingerprint density at radius 2 is 1.86 bits per heavy atom. The minimum atomic E-state index is -0.268. The van der Waals surface area contributed by atoms with Crippen molar-refractivity contribution in [1.82, 2.24) is 5.32 Å². The Morgan fingerprint density at radius 1 is 1.24 bits per heavy atom. The highest BCUT2D eigenvalue weighted by molar-refractivity contribution is 5.85. The van der Waals surface area contributed by atoms with E-state index in [9.17, 15) is 4.79 Å². The zero-order chi connectivity index (χ0) is 15.2. The van der Waals surface area contributed by atoms with E-state index in [0.29, 0.717) is 13.0 Å². The van der Waals surface area contributed by atoms with Gasteiger partial charge in [0.15, 0.2) is 0 Å². The van der Waals surface area contributed by atoms with Gasteiger partial charge in [0.1, 0.15) is 0 Å². The molecule has 1 aromatic rings. The van der Waals surface area contributed by atoms with Gasteiger partial charge in [-0.15, -0.1) is 12.4 Å². The number of benzene rings is 1. The molecule has 0 saturated carbocycles. The lowest BCUT2D eigenvalue weighted by Gasteiger charge is -2.26. The SMILES string of the molecule is CCC(N)(CC)CNC(=O)CCc1ccc(C)cc1C.Cl. The summed E-state index contributed by atoms with van der Waals surface area (Å²) in [6.45, 7) is 8.86. The van der Waals surface area contributed by atoms with Gasteiger partial charge in [0.25, 0.3) is 0 Å². The summed E-state index contributed by atoms with van der Waals surface area (Å²) < 4.78 is 0. The van der Waals surface area contributed by atoms with Crippen LogP contribution in [-0.2, 0) is 11.2 Å². The summed E-state index contributed by atoms with van der Waals surface area (Å²) in [4.78, 5) is 11.9. The fourth-order valence-electron chi connectivity index (χ4n) is 2.24. The summed E-state index contributed by atoms with van der Waals surface area (Å²) in [5.41, 5.74) is 9.67. The first-order valence-electron chi connectivity index (χ1n) is 7.52. The second-order valence-electron chi connectivity index (χ2n) is 5.78. The lowest BCUT2D eigenvalue weighted by Crippen LogP contribution is -2.49. The van der Waals surface area contributed by atoms with Crippen LogP contribution in [0.2, 0.25) is 0 Å². The van der Waals surface area contributed by atoms with E-state index in [2.05, 4.69) is 51.2 Å². The number of nitrogens with two attached hydrogens (primary N) is 1. The molecule has 0 aliphatic rings. The molecule has 0 aliphatic heterocycles. The van der Waals surface area contributed by atoms with E-state index in [1.807, 2.05) is 0 Å². The van der Waals surface area contributed by atoms with Crippen molar-refractivity contribution in [3.63, 3.8) is 0 Å². The van der Waals surface area contributed by atoms with E-state index >= 15 is 0 Å². The van der Waals surface area contributed by atoms with E-state index in [1.165, 1.54) is 16.7 Å². The predicted molar refractivity (Wildman–Crippen MR) is 92.0 cm³/mol. The molecule has 21 heavy (non-hydrogen) atoms. The minimum Gasteiger partial charge on any atom is -0.354 e. The molecular formula is C17H29ClN2O. The Bertz CT molecular complexity index is 456. The number of carbonyl (C=O) groups is 1. The third kappa shape index (κ3) is 6.49. The van der Waals surface area contributed by atoms with E-state index in [-0.39, 0.29) is 23.9 Å². The first-order chi connectivity index (χ1) is 9.40. The number of carbonyl (C=O) groups excluding carboxylic acids is 1. The molecule has 120 valence electrons. The van der Waals surface area contributed by atoms with Gasteiger partial charge in [-0.3, -0.25) is 4.79 Å². The zero-order valence-electron chi connectivity index (χ0n) is 13.7. The molecule has 0 unspecified atom stereocenters. The maximum absolute atomic E-state index is 11.9. The van der Waals surface area contributed by atoms with Crippen LogP contribution in [0.5, 0.6) is 0 Å².